The van der Waals surface area contributed by atoms with Crippen LogP contribution in [-0.2, 0) is 0 Å². The van der Waals surface area contributed by atoms with E-state index in [9.17, 15) is 0 Å². The molecule has 0 amide bonds. The summed E-state index contributed by atoms with van der Waals surface area (Å²) in [5.41, 5.74) is 0. The van der Waals surface area contributed by atoms with Gasteiger partial charge in [0.25, 0.3) is 0 Å². The van der Waals surface area contributed by atoms with Crippen LogP contribution in [0.1, 0.15) is 39.0 Å². The molecule has 1 saturated carbocycles. The molecule has 0 nitrogen and oxygen atoms in total. The van der Waals surface area contributed by atoms with E-state index >= 15 is 0 Å². The Morgan fingerprint density at radius 3 is 2.20 bits per heavy atom. The van der Waals surface area contributed by atoms with Crippen molar-refractivity contribution in [2.45, 2.75) is 39.0 Å². The molecule has 0 saturated heterocycles. The molecule has 60 valence electrons. The van der Waals surface area contributed by atoms with Crippen LogP contribution in [0.4, 0.5) is 0 Å². The number of thiol groups is 1. The van der Waals surface area contributed by atoms with Gasteiger partial charge in [0.05, 0.1) is 0 Å². The molecule has 1 aliphatic rings. The van der Waals surface area contributed by atoms with E-state index in [1.165, 1.54) is 32.1 Å². The lowest BCUT2D eigenvalue weighted by molar-refractivity contribution is 0.254. The topological polar surface area (TPSA) is 0 Å². The summed E-state index contributed by atoms with van der Waals surface area (Å²) in [7, 11) is 0. The van der Waals surface area contributed by atoms with Crippen LogP contribution in [0.3, 0.4) is 0 Å². The number of hydrogen-bond donors (Lipinski definition) is 1. The van der Waals surface area contributed by atoms with Gasteiger partial charge < -0.3 is 0 Å². The average Bonchev–Trinajstić information content (AvgIpc) is 2.04. The zero-order valence-corrected chi connectivity index (χ0v) is 7.74. The highest BCUT2D eigenvalue weighted by molar-refractivity contribution is 7.80. The largest absolute Gasteiger partial charge is 0.179 e. The molecule has 0 bridgehead atoms. The first-order valence-electron chi connectivity index (χ1n) is 4.49. The molecule has 0 aromatic rings. The first-order chi connectivity index (χ1) is 4.88. The summed E-state index contributed by atoms with van der Waals surface area (Å²) in [6.07, 6.45) is 7.17. The zero-order chi connectivity index (χ0) is 7.40. The minimum absolute atomic E-state index is 0.932. The van der Waals surface area contributed by atoms with E-state index < -0.39 is 0 Å². The standard InChI is InChI=1S/C9H18S/c1-2-8-5-3-4-6-9(8)7-10/h8-10H,2-7H2,1H3. The molecule has 1 heteroatoms. The summed E-state index contributed by atoms with van der Waals surface area (Å²) in [5.74, 6) is 3.03. The highest BCUT2D eigenvalue weighted by Gasteiger charge is 2.21. The maximum Gasteiger partial charge on any atom is -0.00669 e. The lowest BCUT2D eigenvalue weighted by Gasteiger charge is -2.29. The summed E-state index contributed by atoms with van der Waals surface area (Å²) < 4.78 is 0. The molecular formula is C9H18S. The predicted molar refractivity (Wildman–Crippen MR) is 49.6 cm³/mol. The number of rotatable bonds is 2. The van der Waals surface area contributed by atoms with Crippen molar-refractivity contribution in [2.75, 3.05) is 5.75 Å². The average molecular weight is 158 g/mol. The molecular weight excluding hydrogens is 140 g/mol. The van der Waals surface area contributed by atoms with Gasteiger partial charge in [0.15, 0.2) is 0 Å². The van der Waals surface area contributed by atoms with E-state index in [4.69, 9.17) is 0 Å². The quantitative estimate of drug-likeness (QED) is 0.586. The Bertz CT molecular complexity index is 78.7. The third kappa shape index (κ3) is 1.91. The van der Waals surface area contributed by atoms with E-state index in [-0.39, 0.29) is 0 Å². The second kappa shape index (κ2) is 4.27. The Hall–Kier alpha value is 0.350. The molecule has 10 heavy (non-hydrogen) atoms. The molecule has 2 unspecified atom stereocenters. The second-order valence-corrected chi connectivity index (χ2v) is 3.76. The Labute approximate surface area is 69.8 Å². The monoisotopic (exact) mass is 158 g/mol. The van der Waals surface area contributed by atoms with Gasteiger partial charge in [-0.05, 0) is 24.0 Å². The van der Waals surface area contributed by atoms with Gasteiger partial charge in [-0.25, -0.2) is 0 Å². The summed E-state index contributed by atoms with van der Waals surface area (Å²) in [5, 5.41) is 0. The molecule has 2 atom stereocenters. The van der Waals surface area contributed by atoms with Gasteiger partial charge in [0.1, 0.15) is 0 Å². The van der Waals surface area contributed by atoms with E-state index in [1.54, 1.807) is 0 Å². The van der Waals surface area contributed by atoms with Gasteiger partial charge in [0, 0.05) is 0 Å². The van der Waals surface area contributed by atoms with Crippen molar-refractivity contribution in [1.82, 2.24) is 0 Å². The fourth-order valence-corrected chi connectivity index (χ4v) is 2.54. The molecule has 1 aliphatic carbocycles. The predicted octanol–water partition coefficient (Wildman–Crippen LogP) is 3.13. The SMILES string of the molecule is CCC1CCCCC1CS. The Morgan fingerprint density at radius 2 is 1.80 bits per heavy atom. The third-order valence-electron chi connectivity index (χ3n) is 2.83. The molecule has 0 spiro atoms. The van der Waals surface area contributed by atoms with Crippen LogP contribution in [-0.4, -0.2) is 5.75 Å². The molecule has 1 fully saturated rings. The summed E-state index contributed by atoms with van der Waals surface area (Å²) in [6.45, 7) is 2.31. The van der Waals surface area contributed by atoms with Crippen molar-refractivity contribution in [3.8, 4) is 0 Å². The van der Waals surface area contributed by atoms with Crippen molar-refractivity contribution < 1.29 is 0 Å². The van der Waals surface area contributed by atoms with E-state index in [0.717, 1.165) is 17.6 Å². The molecule has 0 heterocycles. The second-order valence-electron chi connectivity index (χ2n) is 3.40. The Morgan fingerprint density at radius 1 is 1.20 bits per heavy atom. The van der Waals surface area contributed by atoms with Crippen molar-refractivity contribution in [3.05, 3.63) is 0 Å². The molecule has 0 aromatic carbocycles. The lowest BCUT2D eigenvalue weighted by atomic mass is 9.79. The fourth-order valence-electron chi connectivity index (χ4n) is 2.06. The van der Waals surface area contributed by atoms with Gasteiger partial charge in [-0.2, -0.15) is 12.6 Å². The summed E-state index contributed by atoms with van der Waals surface area (Å²) >= 11 is 4.38. The van der Waals surface area contributed by atoms with Crippen LogP contribution >= 0.6 is 12.6 Å². The minimum atomic E-state index is 0.932. The highest BCUT2D eigenvalue weighted by Crippen LogP contribution is 2.32. The summed E-state index contributed by atoms with van der Waals surface area (Å²) in [4.78, 5) is 0. The molecule has 0 aromatic heterocycles. The third-order valence-corrected chi connectivity index (χ3v) is 3.29. The van der Waals surface area contributed by atoms with Crippen LogP contribution in [0.25, 0.3) is 0 Å². The molecule has 0 aliphatic heterocycles. The molecule has 0 radical (unpaired) electrons. The zero-order valence-electron chi connectivity index (χ0n) is 6.84. The Kier molecular flexibility index (Phi) is 3.61. The maximum absolute atomic E-state index is 4.38. The Balaban J connectivity index is 2.34. The van der Waals surface area contributed by atoms with E-state index in [2.05, 4.69) is 19.6 Å². The molecule has 1 rings (SSSR count). The van der Waals surface area contributed by atoms with E-state index in [1.807, 2.05) is 0 Å². The summed E-state index contributed by atoms with van der Waals surface area (Å²) in [6, 6.07) is 0. The maximum atomic E-state index is 4.38. The van der Waals surface area contributed by atoms with Gasteiger partial charge in [-0.3, -0.25) is 0 Å². The van der Waals surface area contributed by atoms with Crippen molar-refractivity contribution >= 4 is 12.6 Å². The first kappa shape index (κ1) is 8.45. The van der Waals surface area contributed by atoms with Crippen molar-refractivity contribution in [3.63, 3.8) is 0 Å². The lowest BCUT2D eigenvalue weighted by Crippen LogP contribution is -2.19. The van der Waals surface area contributed by atoms with Gasteiger partial charge in [-0.1, -0.05) is 32.6 Å². The van der Waals surface area contributed by atoms with Crippen LogP contribution < -0.4 is 0 Å². The highest BCUT2D eigenvalue weighted by atomic mass is 32.1. The van der Waals surface area contributed by atoms with Gasteiger partial charge >= 0.3 is 0 Å². The smallest absolute Gasteiger partial charge is 0.00669 e. The van der Waals surface area contributed by atoms with Gasteiger partial charge in [-0.15, -0.1) is 0 Å². The normalized spacial score (nSPS) is 34.2. The van der Waals surface area contributed by atoms with Crippen molar-refractivity contribution in [1.29, 1.82) is 0 Å². The van der Waals surface area contributed by atoms with Crippen LogP contribution in [0.5, 0.6) is 0 Å². The minimum Gasteiger partial charge on any atom is -0.179 e. The number of hydrogen-bond acceptors (Lipinski definition) is 1. The first-order valence-corrected chi connectivity index (χ1v) is 5.12. The van der Waals surface area contributed by atoms with E-state index in [0.29, 0.717) is 0 Å². The fraction of sp³-hybridized carbons (Fsp3) is 1.00. The van der Waals surface area contributed by atoms with Crippen molar-refractivity contribution in [2.24, 2.45) is 11.8 Å². The van der Waals surface area contributed by atoms with Gasteiger partial charge in [0.2, 0.25) is 0 Å². The van der Waals surface area contributed by atoms with Crippen LogP contribution in [0.15, 0.2) is 0 Å². The van der Waals surface area contributed by atoms with Crippen LogP contribution in [0.2, 0.25) is 0 Å². The molecule has 0 N–H and O–H groups in total. The van der Waals surface area contributed by atoms with Crippen LogP contribution in [0, 0.1) is 11.8 Å².